The van der Waals surface area contributed by atoms with Crippen LogP contribution < -0.4 is 9.47 Å². The second kappa shape index (κ2) is 8.35. The van der Waals surface area contributed by atoms with Crippen molar-refractivity contribution in [3.63, 3.8) is 0 Å². The molecule has 3 aromatic rings. The van der Waals surface area contributed by atoms with Gasteiger partial charge in [-0.05, 0) is 31.2 Å². The van der Waals surface area contributed by atoms with E-state index in [0.717, 1.165) is 5.56 Å². The van der Waals surface area contributed by atoms with Gasteiger partial charge in [-0.15, -0.1) is 0 Å². The third-order valence-corrected chi connectivity index (χ3v) is 3.95. The highest BCUT2D eigenvalue weighted by atomic mass is 16.5. The second-order valence-corrected chi connectivity index (χ2v) is 6.01. The molecule has 0 aliphatic rings. The highest BCUT2D eigenvalue weighted by Gasteiger charge is 2.21. The van der Waals surface area contributed by atoms with Crippen molar-refractivity contribution in [2.45, 2.75) is 19.6 Å². The van der Waals surface area contributed by atoms with Gasteiger partial charge in [0.05, 0.1) is 13.7 Å². The van der Waals surface area contributed by atoms with Gasteiger partial charge in [0.1, 0.15) is 11.5 Å². The van der Waals surface area contributed by atoms with Gasteiger partial charge in [0, 0.05) is 12.6 Å². The van der Waals surface area contributed by atoms with Crippen LogP contribution in [0.3, 0.4) is 0 Å². The van der Waals surface area contributed by atoms with Gasteiger partial charge >= 0.3 is 0 Å². The maximum Gasteiger partial charge on any atom is 0.263 e. The van der Waals surface area contributed by atoms with Gasteiger partial charge in [0.25, 0.3) is 5.91 Å². The average molecular weight is 367 g/mol. The molecule has 140 valence electrons. The Kier molecular flexibility index (Phi) is 5.71. The lowest BCUT2D eigenvalue weighted by molar-refractivity contribution is -0.137. The number of ether oxygens (including phenoxy) is 2. The third kappa shape index (κ3) is 4.63. The van der Waals surface area contributed by atoms with Crippen molar-refractivity contribution in [3.05, 3.63) is 60.5 Å². The molecule has 1 aromatic heterocycles. The van der Waals surface area contributed by atoms with Crippen LogP contribution in [0.15, 0.2) is 59.1 Å². The summed E-state index contributed by atoms with van der Waals surface area (Å²) in [5, 5.41) is 3.98. The molecule has 1 heterocycles. The van der Waals surface area contributed by atoms with Crippen LogP contribution in [0.4, 0.5) is 0 Å². The molecule has 0 aliphatic carbocycles. The summed E-state index contributed by atoms with van der Waals surface area (Å²) < 4.78 is 16.1. The highest BCUT2D eigenvalue weighted by Crippen LogP contribution is 2.21. The normalized spacial score (nSPS) is 11.7. The van der Waals surface area contributed by atoms with Gasteiger partial charge in [-0.25, -0.2) is 0 Å². The van der Waals surface area contributed by atoms with Crippen molar-refractivity contribution in [1.29, 1.82) is 0 Å². The summed E-state index contributed by atoms with van der Waals surface area (Å²) in [4.78, 5) is 18.4. The number of aromatic nitrogens is 2. The molecule has 27 heavy (non-hydrogen) atoms. The van der Waals surface area contributed by atoms with Crippen molar-refractivity contribution in [3.8, 4) is 22.9 Å². The molecule has 1 unspecified atom stereocenters. The second-order valence-electron chi connectivity index (χ2n) is 6.01. The minimum atomic E-state index is -0.627. The lowest BCUT2D eigenvalue weighted by Crippen LogP contribution is -2.37. The first-order chi connectivity index (χ1) is 13.1. The van der Waals surface area contributed by atoms with E-state index in [-0.39, 0.29) is 12.5 Å². The number of benzene rings is 2. The molecule has 0 saturated heterocycles. The molecule has 1 amide bonds. The minimum Gasteiger partial charge on any atom is -0.497 e. The number of carbonyl (C=O) groups is 1. The van der Waals surface area contributed by atoms with Crippen LogP contribution >= 0.6 is 0 Å². The third-order valence-electron chi connectivity index (χ3n) is 3.95. The summed E-state index contributed by atoms with van der Waals surface area (Å²) in [5.74, 6) is 1.96. The molecule has 2 aromatic carbocycles. The standard InChI is InChI=1S/C20H21N3O4/c1-14(26-16-9-5-4-6-10-16)20(24)23(2)13-18-21-19(22-27-18)15-8-7-11-17(12-15)25-3/h4-12,14H,13H2,1-3H3. The number of likely N-dealkylation sites (N-methyl/N-ethyl adjacent to an activating group) is 1. The maximum atomic E-state index is 12.5. The number of carbonyl (C=O) groups excluding carboxylic acids is 1. The zero-order valence-electron chi connectivity index (χ0n) is 15.5. The van der Waals surface area contributed by atoms with Crippen LogP contribution in [0.5, 0.6) is 11.5 Å². The highest BCUT2D eigenvalue weighted by molar-refractivity contribution is 5.80. The smallest absolute Gasteiger partial charge is 0.263 e. The monoisotopic (exact) mass is 367 g/mol. The lowest BCUT2D eigenvalue weighted by Gasteiger charge is -2.20. The minimum absolute atomic E-state index is 0.181. The van der Waals surface area contributed by atoms with Crippen LogP contribution in [0, 0.1) is 0 Å². The molecule has 7 heteroatoms. The predicted octanol–water partition coefficient (Wildman–Crippen LogP) is 3.17. The van der Waals surface area contributed by atoms with E-state index in [1.165, 1.54) is 4.90 Å². The Labute approximate surface area is 157 Å². The number of hydrogen-bond acceptors (Lipinski definition) is 6. The number of amides is 1. The summed E-state index contributed by atoms with van der Waals surface area (Å²) >= 11 is 0. The molecule has 1 atom stereocenters. The first-order valence-electron chi connectivity index (χ1n) is 8.50. The molecule has 3 rings (SSSR count). The molecule has 0 radical (unpaired) electrons. The Balaban J connectivity index is 1.63. The van der Waals surface area contributed by atoms with Gasteiger partial charge in [-0.1, -0.05) is 35.5 Å². The Hall–Kier alpha value is -3.35. The molecular formula is C20H21N3O4. The Morgan fingerprint density at radius 2 is 1.89 bits per heavy atom. The number of methoxy groups -OCH3 is 1. The SMILES string of the molecule is COc1cccc(-c2noc(CN(C)C(=O)C(C)Oc3ccccc3)n2)c1. The maximum absolute atomic E-state index is 12.5. The quantitative estimate of drug-likeness (QED) is 0.638. The predicted molar refractivity (Wildman–Crippen MR) is 99.3 cm³/mol. The molecule has 0 N–H and O–H groups in total. The van der Waals surface area contributed by atoms with Crippen LogP contribution in [0.25, 0.3) is 11.4 Å². The zero-order valence-corrected chi connectivity index (χ0v) is 15.5. The van der Waals surface area contributed by atoms with E-state index in [1.807, 2.05) is 54.6 Å². The molecule has 0 aliphatic heterocycles. The van der Waals surface area contributed by atoms with Gasteiger partial charge < -0.3 is 18.9 Å². The van der Waals surface area contributed by atoms with E-state index in [1.54, 1.807) is 21.1 Å². The molecular weight excluding hydrogens is 346 g/mol. The summed E-state index contributed by atoms with van der Waals surface area (Å²) in [5.41, 5.74) is 0.777. The average Bonchev–Trinajstić information content (AvgIpc) is 3.16. The Bertz CT molecular complexity index is 895. The summed E-state index contributed by atoms with van der Waals surface area (Å²) in [7, 11) is 3.27. The van der Waals surface area contributed by atoms with E-state index in [2.05, 4.69) is 10.1 Å². The number of nitrogens with zero attached hydrogens (tertiary/aromatic N) is 3. The van der Waals surface area contributed by atoms with E-state index in [4.69, 9.17) is 14.0 Å². The molecule has 0 fully saturated rings. The van der Waals surface area contributed by atoms with E-state index < -0.39 is 6.10 Å². The fourth-order valence-electron chi connectivity index (χ4n) is 2.54. The fourth-order valence-corrected chi connectivity index (χ4v) is 2.54. The number of rotatable bonds is 7. The summed E-state index contributed by atoms with van der Waals surface area (Å²) in [6.45, 7) is 1.90. The van der Waals surface area contributed by atoms with Gasteiger partial charge in [0.2, 0.25) is 11.7 Å². The topological polar surface area (TPSA) is 77.7 Å². The molecule has 7 nitrogen and oxygen atoms in total. The van der Waals surface area contributed by atoms with E-state index in [9.17, 15) is 4.79 Å². The zero-order chi connectivity index (χ0) is 19.2. The van der Waals surface area contributed by atoms with Crippen LogP contribution in [0.2, 0.25) is 0 Å². The molecule has 0 bridgehead atoms. The van der Waals surface area contributed by atoms with Gasteiger partial charge in [-0.2, -0.15) is 4.98 Å². The van der Waals surface area contributed by atoms with Gasteiger partial charge in [0.15, 0.2) is 6.10 Å². The Morgan fingerprint density at radius 3 is 2.63 bits per heavy atom. The van der Waals surface area contributed by atoms with Crippen LogP contribution in [0.1, 0.15) is 12.8 Å². The number of para-hydroxylation sites is 1. The van der Waals surface area contributed by atoms with Crippen molar-refractivity contribution in [2.75, 3.05) is 14.2 Å². The van der Waals surface area contributed by atoms with Crippen LogP contribution in [-0.4, -0.2) is 41.2 Å². The van der Waals surface area contributed by atoms with E-state index >= 15 is 0 Å². The largest absolute Gasteiger partial charge is 0.497 e. The number of hydrogen-bond donors (Lipinski definition) is 0. The van der Waals surface area contributed by atoms with Crippen molar-refractivity contribution >= 4 is 5.91 Å². The first-order valence-corrected chi connectivity index (χ1v) is 8.50. The summed E-state index contributed by atoms with van der Waals surface area (Å²) in [6, 6.07) is 16.6. The molecule has 0 spiro atoms. The van der Waals surface area contributed by atoms with E-state index in [0.29, 0.717) is 23.2 Å². The van der Waals surface area contributed by atoms with Crippen molar-refractivity contribution in [2.24, 2.45) is 0 Å². The summed E-state index contributed by atoms with van der Waals surface area (Å²) in [6.07, 6.45) is -0.627. The van der Waals surface area contributed by atoms with Gasteiger partial charge in [-0.3, -0.25) is 4.79 Å². The fraction of sp³-hybridized carbons (Fsp3) is 0.250. The lowest BCUT2D eigenvalue weighted by atomic mass is 10.2. The first kappa shape index (κ1) is 18.4. The Morgan fingerprint density at radius 1 is 1.15 bits per heavy atom. The van der Waals surface area contributed by atoms with Crippen molar-refractivity contribution < 1.29 is 18.8 Å². The van der Waals surface area contributed by atoms with Crippen molar-refractivity contribution in [1.82, 2.24) is 15.0 Å². The van der Waals surface area contributed by atoms with Crippen LogP contribution in [-0.2, 0) is 11.3 Å². The molecule has 0 saturated carbocycles.